The fourth-order valence-electron chi connectivity index (χ4n) is 2.32. The smallest absolute Gasteiger partial charge is 0.266 e. The summed E-state index contributed by atoms with van der Waals surface area (Å²) in [4.78, 5) is 12.1. The van der Waals surface area contributed by atoms with Gasteiger partial charge in [-0.3, -0.25) is 9.89 Å². The van der Waals surface area contributed by atoms with Gasteiger partial charge in [-0.2, -0.15) is 5.10 Å². The van der Waals surface area contributed by atoms with E-state index in [4.69, 9.17) is 4.74 Å². The number of aromatic amines is 1. The van der Waals surface area contributed by atoms with E-state index in [0.717, 1.165) is 16.8 Å². The molecule has 0 aliphatic heterocycles. The van der Waals surface area contributed by atoms with Gasteiger partial charge in [-0.15, -0.1) is 0 Å². The number of aryl methyl sites for hydroxylation is 1. The van der Waals surface area contributed by atoms with Gasteiger partial charge in [0.1, 0.15) is 5.75 Å². The first-order chi connectivity index (χ1) is 11.6. The second-order valence-corrected chi connectivity index (χ2v) is 5.58. The van der Waals surface area contributed by atoms with E-state index < -0.39 is 6.10 Å². The number of carbonyl (C=O) groups is 1. The lowest BCUT2D eigenvalue weighted by molar-refractivity contribution is -0.122. The van der Waals surface area contributed by atoms with Crippen LogP contribution in [0.5, 0.6) is 5.75 Å². The Morgan fingerprint density at radius 3 is 2.38 bits per heavy atom. The van der Waals surface area contributed by atoms with E-state index >= 15 is 0 Å². The average Bonchev–Trinajstić information content (AvgIpc) is 3.01. The second-order valence-electron chi connectivity index (χ2n) is 5.58. The number of benzene rings is 2. The van der Waals surface area contributed by atoms with Crippen molar-refractivity contribution in [1.29, 1.82) is 0 Å². The normalized spacial score (nSPS) is 11.8. The highest BCUT2D eigenvalue weighted by atomic mass is 16.5. The highest BCUT2D eigenvalue weighted by Gasteiger charge is 2.16. The molecule has 1 heterocycles. The van der Waals surface area contributed by atoms with E-state index in [-0.39, 0.29) is 5.91 Å². The van der Waals surface area contributed by atoms with Crippen molar-refractivity contribution in [2.45, 2.75) is 20.0 Å². The monoisotopic (exact) mass is 321 g/mol. The molecular weight excluding hydrogens is 302 g/mol. The van der Waals surface area contributed by atoms with Gasteiger partial charge in [-0.1, -0.05) is 42.5 Å². The van der Waals surface area contributed by atoms with Gasteiger partial charge in [-0.25, -0.2) is 0 Å². The highest BCUT2D eigenvalue weighted by Crippen LogP contribution is 2.22. The number of amides is 1. The van der Waals surface area contributed by atoms with Crippen molar-refractivity contribution >= 4 is 11.7 Å². The summed E-state index contributed by atoms with van der Waals surface area (Å²) in [7, 11) is 0. The number of nitrogens with zero attached hydrogens (tertiary/aromatic N) is 1. The van der Waals surface area contributed by atoms with Crippen LogP contribution in [0.1, 0.15) is 12.6 Å². The molecule has 3 rings (SSSR count). The number of hydrogen-bond donors (Lipinski definition) is 2. The molecule has 0 radical (unpaired) electrons. The molecule has 24 heavy (non-hydrogen) atoms. The lowest BCUT2D eigenvalue weighted by Gasteiger charge is -2.14. The molecule has 3 aromatic rings. The molecule has 2 N–H and O–H groups in total. The van der Waals surface area contributed by atoms with Crippen LogP contribution in [-0.4, -0.2) is 22.2 Å². The minimum atomic E-state index is -0.621. The van der Waals surface area contributed by atoms with Crippen molar-refractivity contribution in [2.24, 2.45) is 0 Å². The Labute approximate surface area is 140 Å². The molecule has 5 nitrogen and oxygen atoms in total. The molecule has 0 aliphatic carbocycles. The molecule has 0 saturated heterocycles. The van der Waals surface area contributed by atoms with E-state index in [0.29, 0.717) is 11.6 Å². The zero-order valence-electron chi connectivity index (χ0n) is 13.6. The average molecular weight is 321 g/mol. The Balaban J connectivity index is 1.62. The third kappa shape index (κ3) is 3.81. The summed E-state index contributed by atoms with van der Waals surface area (Å²) >= 11 is 0. The van der Waals surface area contributed by atoms with Crippen molar-refractivity contribution in [3.05, 3.63) is 66.4 Å². The first-order valence-corrected chi connectivity index (χ1v) is 7.77. The van der Waals surface area contributed by atoms with Gasteiger partial charge < -0.3 is 10.1 Å². The van der Waals surface area contributed by atoms with Crippen LogP contribution in [-0.2, 0) is 4.79 Å². The number of nitrogens with one attached hydrogen (secondary N) is 2. The van der Waals surface area contributed by atoms with E-state index in [9.17, 15) is 4.79 Å². The fraction of sp³-hybridized carbons (Fsp3) is 0.158. The number of H-pyrrole nitrogens is 1. The molecule has 0 saturated carbocycles. The largest absolute Gasteiger partial charge is 0.481 e. The van der Waals surface area contributed by atoms with Crippen molar-refractivity contribution in [2.75, 3.05) is 5.32 Å². The second kappa shape index (κ2) is 7.00. The van der Waals surface area contributed by atoms with Crippen LogP contribution in [0.15, 0.2) is 60.7 Å². The molecule has 1 amide bonds. The van der Waals surface area contributed by atoms with E-state index in [1.165, 1.54) is 0 Å². The molecule has 1 aromatic heterocycles. The van der Waals surface area contributed by atoms with Crippen LogP contribution in [0.25, 0.3) is 11.1 Å². The van der Waals surface area contributed by atoms with Crippen LogP contribution in [0.3, 0.4) is 0 Å². The number of rotatable bonds is 5. The molecule has 5 heteroatoms. The van der Waals surface area contributed by atoms with Crippen LogP contribution in [0.4, 0.5) is 5.82 Å². The molecule has 0 aliphatic rings. The summed E-state index contributed by atoms with van der Waals surface area (Å²) in [5, 5.41) is 9.47. The highest BCUT2D eigenvalue weighted by molar-refractivity contribution is 5.93. The quantitative estimate of drug-likeness (QED) is 0.751. The first-order valence-electron chi connectivity index (χ1n) is 7.77. The molecule has 1 unspecified atom stereocenters. The standard InChI is InChI=1S/C19H19N3O2/c1-13-12-18(22-21-13)20-19(23)14(2)24-17-10-8-16(9-11-17)15-6-4-3-5-7-15/h3-12,14H,1-2H3,(H2,20,21,22,23). The molecule has 0 bridgehead atoms. The number of hydrogen-bond acceptors (Lipinski definition) is 3. The molecular formula is C19H19N3O2. The summed E-state index contributed by atoms with van der Waals surface area (Å²) in [5.41, 5.74) is 3.13. The predicted octanol–water partition coefficient (Wildman–Crippen LogP) is 3.79. The minimum Gasteiger partial charge on any atom is -0.481 e. The van der Waals surface area contributed by atoms with Gasteiger partial charge in [0, 0.05) is 11.8 Å². The predicted molar refractivity (Wildman–Crippen MR) is 93.9 cm³/mol. The van der Waals surface area contributed by atoms with Crippen LogP contribution in [0.2, 0.25) is 0 Å². The summed E-state index contributed by atoms with van der Waals surface area (Å²) in [5.74, 6) is 0.900. The third-order valence-corrected chi connectivity index (χ3v) is 3.60. The van der Waals surface area contributed by atoms with Gasteiger partial charge >= 0.3 is 0 Å². The van der Waals surface area contributed by atoms with Crippen LogP contribution >= 0.6 is 0 Å². The number of carbonyl (C=O) groups excluding carboxylic acids is 1. The lowest BCUT2D eigenvalue weighted by Crippen LogP contribution is -2.30. The Morgan fingerprint density at radius 1 is 1.08 bits per heavy atom. The molecule has 122 valence electrons. The van der Waals surface area contributed by atoms with Gasteiger partial charge in [0.15, 0.2) is 11.9 Å². The molecule has 1 atom stereocenters. The first kappa shape index (κ1) is 15.8. The van der Waals surface area contributed by atoms with E-state index in [1.807, 2.05) is 49.4 Å². The maximum absolute atomic E-state index is 12.1. The van der Waals surface area contributed by atoms with E-state index in [2.05, 4.69) is 27.6 Å². The van der Waals surface area contributed by atoms with Gasteiger partial charge in [0.2, 0.25) is 0 Å². The van der Waals surface area contributed by atoms with Crippen molar-refractivity contribution in [3.63, 3.8) is 0 Å². The van der Waals surface area contributed by atoms with Crippen molar-refractivity contribution < 1.29 is 9.53 Å². The molecule has 0 fully saturated rings. The van der Waals surface area contributed by atoms with Crippen molar-refractivity contribution in [1.82, 2.24) is 10.2 Å². The molecule has 2 aromatic carbocycles. The van der Waals surface area contributed by atoms with Crippen LogP contribution in [0, 0.1) is 6.92 Å². The van der Waals surface area contributed by atoms with Gasteiger partial charge in [0.05, 0.1) is 0 Å². The Bertz CT molecular complexity index is 810. The van der Waals surface area contributed by atoms with E-state index in [1.54, 1.807) is 13.0 Å². The molecule has 0 spiro atoms. The Morgan fingerprint density at radius 2 is 1.75 bits per heavy atom. The SMILES string of the molecule is Cc1cc(NC(=O)C(C)Oc2ccc(-c3ccccc3)cc2)n[nH]1. The maximum Gasteiger partial charge on any atom is 0.266 e. The Hall–Kier alpha value is -3.08. The maximum atomic E-state index is 12.1. The lowest BCUT2D eigenvalue weighted by atomic mass is 10.1. The topological polar surface area (TPSA) is 67.0 Å². The number of aromatic nitrogens is 2. The Kier molecular flexibility index (Phi) is 4.61. The summed E-state index contributed by atoms with van der Waals surface area (Å²) in [6.07, 6.45) is -0.621. The van der Waals surface area contributed by atoms with Gasteiger partial charge in [-0.05, 0) is 37.1 Å². The summed E-state index contributed by atoms with van der Waals surface area (Å²) < 4.78 is 5.70. The fourth-order valence-corrected chi connectivity index (χ4v) is 2.32. The third-order valence-electron chi connectivity index (χ3n) is 3.60. The zero-order valence-corrected chi connectivity index (χ0v) is 13.6. The van der Waals surface area contributed by atoms with Crippen LogP contribution < -0.4 is 10.1 Å². The number of anilines is 1. The summed E-state index contributed by atoms with van der Waals surface area (Å²) in [6.45, 7) is 3.58. The number of ether oxygens (including phenoxy) is 1. The zero-order chi connectivity index (χ0) is 16.9. The van der Waals surface area contributed by atoms with Crippen molar-refractivity contribution in [3.8, 4) is 16.9 Å². The minimum absolute atomic E-state index is 0.242. The van der Waals surface area contributed by atoms with Gasteiger partial charge in [0.25, 0.3) is 5.91 Å². The summed E-state index contributed by atoms with van der Waals surface area (Å²) in [6, 6.07) is 19.6.